The van der Waals surface area contributed by atoms with E-state index in [4.69, 9.17) is 4.74 Å². The smallest absolute Gasteiger partial charge is 0.135 e. The third-order valence-electron chi connectivity index (χ3n) is 1.31. The maximum absolute atomic E-state index is 10.6. The first-order valence-corrected chi connectivity index (χ1v) is 3.79. The second-order valence-electron chi connectivity index (χ2n) is 2.31. The Kier molecular flexibility index (Phi) is 5.15. The quantitative estimate of drug-likeness (QED) is 0.489. The molecule has 0 radical (unpaired) electrons. The van der Waals surface area contributed by atoms with Gasteiger partial charge in [-0.1, -0.05) is 0 Å². The Labute approximate surface area is 71.5 Å². The zero-order valence-electron chi connectivity index (χ0n) is 6.61. The molecule has 0 amide bonds. The number of methoxy groups -OCH3 is 1. The number of hydrogen-bond donors (Lipinski definition) is 1. The highest BCUT2D eigenvalue weighted by Crippen LogP contribution is 2.07. The fourth-order valence-electron chi connectivity index (χ4n) is 0.714. The van der Waals surface area contributed by atoms with Gasteiger partial charge in [-0.15, -0.1) is 0 Å². The van der Waals surface area contributed by atoms with Crippen molar-refractivity contribution in [2.75, 3.05) is 7.11 Å². The van der Waals surface area contributed by atoms with E-state index in [0.717, 1.165) is 0 Å². The second-order valence-corrected chi connectivity index (χ2v) is 2.90. The summed E-state index contributed by atoms with van der Waals surface area (Å²) in [5.74, 6) is -0.00208. The number of hydrogen-bond acceptors (Lipinski definition) is 4. The van der Waals surface area contributed by atoms with Gasteiger partial charge in [0, 0.05) is 13.5 Å². The summed E-state index contributed by atoms with van der Waals surface area (Å²) in [6.45, 7) is 1.46. The monoisotopic (exact) mass is 176 g/mol. The van der Waals surface area contributed by atoms with Crippen LogP contribution >= 0.6 is 12.6 Å². The molecule has 0 N–H and O–H groups in total. The number of Topliss-reactive ketones (excluding diaryl/α,β-unsaturated/α-hetero) is 1. The van der Waals surface area contributed by atoms with Crippen LogP contribution in [0.5, 0.6) is 0 Å². The first kappa shape index (κ1) is 10.7. The molecule has 0 saturated carbocycles. The predicted octanol–water partition coefficient (Wildman–Crippen LogP) is 0.478. The minimum atomic E-state index is -0.510. The van der Waals surface area contributed by atoms with Crippen LogP contribution in [0.15, 0.2) is 0 Å². The van der Waals surface area contributed by atoms with Crippen molar-refractivity contribution in [1.29, 1.82) is 0 Å². The van der Waals surface area contributed by atoms with Crippen LogP contribution in [0.1, 0.15) is 13.3 Å². The van der Waals surface area contributed by atoms with E-state index in [1.807, 2.05) is 0 Å². The van der Waals surface area contributed by atoms with Crippen LogP contribution in [0.25, 0.3) is 0 Å². The van der Waals surface area contributed by atoms with Crippen molar-refractivity contribution in [3.63, 3.8) is 0 Å². The van der Waals surface area contributed by atoms with E-state index in [9.17, 15) is 9.59 Å². The van der Waals surface area contributed by atoms with Gasteiger partial charge < -0.3 is 9.53 Å². The van der Waals surface area contributed by atoms with E-state index >= 15 is 0 Å². The molecule has 2 unspecified atom stereocenters. The number of rotatable bonds is 5. The summed E-state index contributed by atoms with van der Waals surface area (Å²) in [5, 5.41) is -0.510. The summed E-state index contributed by atoms with van der Waals surface area (Å²) in [4.78, 5) is 20.8. The van der Waals surface area contributed by atoms with E-state index in [0.29, 0.717) is 6.29 Å². The molecule has 0 saturated heterocycles. The van der Waals surface area contributed by atoms with Gasteiger partial charge in [0.1, 0.15) is 12.1 Å². The standard InChI is InChI=1S/C7H12O3S/c1-5(9)3-6(10-2)7(11)4-8/h4,6-7,11H,3H2,1-2H3. The molecule has 64 valence electrons. The van der Waals surface area contributed by atoms with Crippen molar-refractivity contribution in [3.05, 3.63) is 0 Å². The highest BCUT2D eigenvalue weighted by Gasteiger charge is 2.18. The summed E-state index contributed by atoms with van der Waals surface area (Å²) in [5.41, 5.74) is 0. The molecule has 0 aliphatic heterocycles. The maximum atomic E-state index is 10.6. The summed E-state index contributed by atoms with van der Waals surface area (Å²) in [7, 11) is 1.46. The molecular formula is C7H12O3S. The third-order valence-corrected chi connectivity index (χ3v) is 1.77. The molecule has 0 aliphatic rings. The van der Waals surface area contributed by atoms with Crippen LogP contribution in [0.3, 0.4) is 0 Å². The minimum absolute atomic E-state index is 0.00208. The average molecular weight is 176 g/mol. The van der Waals surface area contributed by atoms with Crippen molar-refractivity contribution in [2.24, 2.45) is 0 Å². The lowest BCUT2D eigenvalue weighted by molar-refractivity contribution is -0.119. The lowest BCUT2D eigenvalue weighted by Crippen LogP contribution is -2.26. The first-order chi connectivity index (χ1) is 5.11. The van der Waals surface area contributed by atoms with E-state index in [1.165, 1.54) is 14.0 Å². The van der Waals surface area contributed by atoms with Gasteiger partial charge >= 0.3 is 0 Å². The fraction of sp³-hybridized carbons (Fsp3) is 0.714. The van der Waals surface area contributed by atoms with Crippen LogP contribution in [0.2, 0.25) is 0 Å². The minimum Gasteiger partial charge on any atom is -0.379 e. The average Bonchev–Trinajstić information content (AvgIpc) is 1.98. The Morgan fingerprint density at radius 1 is 1.73 bits per heavy atom. The number of carbonyl (C=O) groups excluding carboxylic acids is 2. The molecule has 0 spiro atoms. The van der Waals surface area contributed by atoms with Crippen molar-refractivity contribution in [1.82, 2.24) is 0 Å². The molecule has 3 nitrogen and oxygen atoms in total. The van der Waals surface area contributed by atoms with E-state index in [-0.39, 0.29) is 12.2 Å². The van der Waals surface area contributed by atoms with Crippen LogP contribution < -0.4 is 0 Å². The zero-order valence-corrected chi connectivity index (χ0v) is 7.51. The molecular weight excluding hydrogens is 164 g/mol. The maximum Gasteiger partial charge on any atom is 0.135 e. The summed E-state index contributed by atoms with van der Waals surface area (Å²) in [6, 6.07) is 0. The van der Waals surface area contributed by atoms with Gasteiger partial charge in [0.2, 0.25) is 0 Å². The number of aldehydes is 1. The normalized spacial score (nSPS) is 15.5. The molecule has 2 atom stereocenters. The lowest BCUT2D eigenvalue weighted by atomic mass is 10.1. The largest absolute Gasteiger partial charge is 0.379 e. The molecule has 0 aromatic carbocycles. The Morgan fingerprint density at radius 3 is 2.55 bits per heavy atom. The summed E-state index contributed by atoms with van der Waals surface area (Å²) >= 11 is 3.93. The summed E-state index contributed by atoms with van der Waals surface area (Å²) in [6.07, 6.45) is 0.511. The zero-order chi connectivity index (χ0) is 8.85. The Hall–Kier alpha value is -0.350. The van der Waals surface area contributed by atoms with Gasteiger partial charge in [-0.05, 0) is 6.92 Å². The number of ether oxygens (including phenoxy) is 1. The number of ketones is 1. The molecule has 0 fully saturated rings. The Morgan fingerprint density at radius 2 is 2.27 bits per heavy atom. The van der Waals surface area contributed by atoms with Crippen LogP contribution in [-0.4, -0.2) is 30.5 Å². The van der Waals surface area contributed by atoms with Crippen LogP contribution in [0, 0.1) is 0 Å². The highest BCUT2D eigenvalue weighted by molar-refractivity contribution is 7.81. The fourth-order valence-corrected chi connectivity index (χ4v) is 0.942. The van der Waals surface area contributed by atoms with Crippen LogP contribution in [0.4, 0.5) is 0 Å². The third kappa shape index (κ3) is 4.16. The van der Waals surface area contributed by atoms with Crippen molar-refractivity contribution >= 4 is 24.7 Å². The topological polar surface area (TPSA) is 43.4 Å². The van der Waals surface area contributed by atoms with Gasteiger partial charge in [-0.2, -0.15) is 12.6 Å². The molecule has 0 bridgehead atoms. The second kappa shape index (κ2) is 5.32. The lowest BCUT2D eigenvalue weighted by Gasteiger charge is -2.15. The van der Waals surface area contributed by atoms with Gasteiger partial charge in [0.05, 0.1) is 11.4 Å². The Balaban J connectivity index is 3.93. The number of thiol groups is 1. The Bertz CT molecular complexity index is 147. The van der Waals surface area contributed by atoms with Crippen LogP contribution in [-0.2, 0) is 14.3 Å². The number of carbonyl (C=O) groups is 2. The van der Waals surface area contributed by atoms with Gasteiger partial charge in [0.15, 0.2) is 0 Å². The molecule has 0 aromatic rings. The summed E-state index contributed by atoms with van der Waals surface area (Å²) < 4.78 is 4.89. The molecule has 0 heterocycles. The van der Waals surface area contributed by atoms with Gasteiger partial charge in [-0.3, -0.25) is 4.79 Å². The highest BCUT2D eigenvalue weighted by atomic mass is 32.1. The SMILES string of the molecule is COC(CC(C)=O)C(S)C=O. The van der Waals surface area contributed by atoms with Crippen molar-refractivity contribution < 1.29 is 14.3 Å². The van der Waals surface area contributed by atoms with Crippen molar-refractivity contribution in [3.8, 4) is 0 Å². The van der Waals surface area contributed by atoms with E-state index in [1.54, 1.807) is 0 Å². The molecule has 11 heavy (non-hydrogen) atoms. The van der Waals surface area contributed by atoms with E-state index < -0.39 is 11.4 Å². The predicted molar refractivity (Wildman–Crippen MR) is 44.9 cm³/mol. The molecule has 0 aliphatic carbocycles. The van der Waals surface area contributed by atoms with Crippen molar-refractivity contribution in [2.45, 2.75) is 24.7 Å². The molecule has 0 rings (SSSR count). The first-order valence-electron chi connectivity index (χ1n) is 3.27. The molecule has 4 heteroatoms. The van der Waals surface area contributed by atoms with E-state index in [2.05, 4.69) is 12.6 Å². The van der Waals surface area contributed by atoms with Gasteiger partial charge in [0.25, 0.3) is 0 Å². The van der Waals surface area contributed by atoms with Gasteiger partial charge in [-0.25, -0.2) is 0 Å². The molecule has 0 aromatic heterocycles.